The van der Waals surface area contributed by atoms with Gasteiger partial charge in [0.2, 0.25) is 14.2 Å². The third kappa shape index (κ3) is 4.31. The van der Waals surface area contributed by atoms with Crippen LogP contribution in [0.3, 0.4) is 0 Å². The largest absolute Gasteiger partial charge is 0.379 e. The quantitative estimate of drug-likeness (QED) is 0.640. The number of anilines is 1. The summed E-state index contributed by atoms with van der Waals surface area (Å²) in [5, 5.41) is 4.35. The average molecular weight is 435 g/mol. The van der Waals surface area contributed by atoms with Gasteiger partial charge >= 0.3 is 0 Å². The molecular formula is C20H18F2N3O2S2. The first kappa shape index (κ1) is 19.9. The second-order valence-electron chi connectivity index (χ2n) is 6.86. The van der Waals surface area contributed by atoms with Gasteiger partial charge in [-0.15, -0.1) is 11.3 Å². The summed E-state index contributed by atoms with van der Waals surface area (Å²) in [6, 6.07) is 11.6. The topological polar surface area (TPSA) is 62.3 Å². The standard InChI is InChI=1S/C20H18F2N3O2S2/c21-16-11-19(29(26,27)20-23-7-9-28-20)17(22)10-18(16)24-15-6-8-25(13-15)12-14-4-2-1-3-5-14/h1-5,9-11,15,24H,6,8,12-13H2/t15-/m0/s1. The summed E-state index contributed by atoms with van der Waals surface area (Å²) < 4.78 is 53.6. The van der Waals surface area contributed by atoms with E-state index in [9.17, 15) is 17.2 Å². The van der Waals surface area contributed by atoms with Crippen molar-refractivity contribution in [3.05, 3.63) is 71.2 Å². The van der Waals surface area contributed by atoms with Gasteiger partial charge < -0.3 is 5.32 Å². The summed E-state index contributed by atoms with van der Waals surface area (Å²) in [6.07, 6.45) is 3.16. The fraction of sp³-hybridized carbons (Fsp3) is 0.250. The Morgan fingerprint density at radius 2 is 2.00 bits per heavy atom. The number of hydrogen-bond donors (Lipinski definition) is 1. The van der Waals surface area contributed by atoms with E-state index < -0.39 is 26.4 Å². The van der Waals surface area contributed by atoms with E-state index in [0.29, 0.717) is 12.6 Å². The van der Waals surface area contributed by atoms with E-state index in [2.05, 4.69) is 33.5 Å². The first-order chi connectivity index (χ1) is 13.9. The number of nitrogens with one attached hydrogen (secondary N) is 1. The molecule has 2 aromatic carbocycles. The molecule has 0 aliphatic carbocycles. The molecule has 151 valence electrons. The number of aromatic nitrogens is 1. The van der Waals surface area contributed by atoms with Crippen LogP contribution in [-0.4, -0.2) is 37.4 Å². The highest BCUT2D eigenvalue weighted by Gasteiger charge is 2.28. The van der Waals surface area contributed by atoms with E-state index >= 15 is 0 Å². The number of thiazole rings is 1. The molecule has 1 radical (unpaired) electrons. The summed E-state index contributed by atoms with van der Waals surface area (Å²) in [5.41, 5.74) is 1.15. The zero-order chi connectivity index (χ0) is 20.4. The Balaban J connectivity index is 1.47. The van der Waals surface area contributed by atoms with E-state index in [1.807, 2.05) is 18.2 Å². The molecule has 1 aromatic heterocycles. The number of likely N-dealkylation sites (tertiary alicyclic amines) is 1. The molecule has 3 aromatic rings. The van der Waals surface area contributed by atoms with Crippen LogP contribution >= 0.6 is 11.3 Å². The first-order valence-electron chi connectivity index (χ1n) is 9.02. The number of sulfone groups is 1. The summed E-state index contributed by atoms with van der Waals surface area (Å²) in [6.45, 7) is 2.31. The lowest BCUT2D eigenvalue weighted by Crippen LogP contribution is -2.26. The third-order valence-corrected chi connectivity index (χ3v) is 7.70. The molecule has 1 fully saturated rings. The molecular weight excluding hydrogens is 416 g/mol. The van der Waals surface area contributed by atoms with E-state index in [4.69, 9.17) is 0 Å². The lowest BCUT2D eigenvalue weighted by molar-refractivity contribution is 0.328. The molecule has 1 aliphatic rings. The molecule has 5 nitrogen and oxygen atoms in total. The van der Waals surface area contributed by atoms with Gasteiger partial charge in [-0.3, -0.25) is 4.90 Å². The summed E-state index contributed by atoms with van der Waals surface area (Å²) >= 11 is 0.806. The van der Waals surface area contributed by atoms with Gasteiger partial charge in [0, 0.05) is 37.1 Å². The highest BCUT2D eigenvalue weighted by Crippen LogP contribution is 2.29. The van der Waals surface area contributed by atoms with Crippen LogP contribution in [0.5, 0.6) is 0 Å². The molecule has 4 rings (SSSR count). The Labute approximate surface area is 171 Å². The Morgan fingerprint density at radius 1 is 1.21 bits per heavy atom. The highest BCUT2D eigenvalue weighted by atomic mass is 32.2. The Hall–Kier alpha value is -2.36. The molecule has 1 aliphatic heterocycles. The van der Waals surface area contributed by atoms with Gasteiger partial charge in [-0.25, -0.2) is 22.2 Å². The minimum Gasteiger partial charge on any atom is -0.379 e. The van der Waals surface area contributed by atoms with E-state index in [1.54, 1.807) is 0 Å². The van der Waals surface area contributed by atoms with Crippen LogP contribution in [0.4, 0.5) is 14.5 Å². The summed E-state index contributed by atoms with van der Waals surface area (Å²) in [5.74, 6) is -1.82. The maximum absolute atomic E-state index is 14.6. The number of hydrogen-bond acceptors (Lipinski definition) is 6. The lowest BCUT2D eigenvalue weighted by Gasteiger charge is -2.18. The van der Waals surface area contributed by atoms with Crippen molar-refractivity contribution in [1.82, 2.24) is 9.88 Å². The molecule has 0 spiro atoms. The molecule has 29 heavy (non-hydrogen) atoms. The van der Waals surface area contributed by atoms with Crippen LogP contribution in [0.2, 0.25) is 0 Å². The monoisotopic (exact) mass is 434 g/mol. The number of halogens is 2. The van der Waals surface area contributed by atoms with Crippen molar-refractivity contribution in [3.63, 3.8) is 0 Å². The van der Waals surface area contributed by atoms with Crippen molar-refractivity contribution in [2.75, 3.05) is 18.4 Å². The predicted molar refractivity (Wildman–Crippen MR) is 107 cm³/mol. The molecule has 1 atom stereocenters. The maximum Gasteiger partial charge on any atom is 0.236 e. The molecule has 0 bridgehead atoms. The highest BCUT2D eigenvalue weighted by molar-refractivity contribution is 7.93. The second kappa shape index (κ2) is 8.17. The molecule has 0 amide bonds. The Morgan fingerprint density at radius 3 is 2.72 bits per heavy atom. The molecule has 0 saturated carbocycles. The minimum absolute atomic E-state index is 0.0429. The second-order valence-corrected chi connectivity index (χ2v) is 9.81. The lowest BCUT2D eigenvalue weighted by atomic mass is 10.2. The van der Waals surface area contributed by atoms with Crippen LogP contribution in [-0.2, 0) is 16.4 Å². The van der Waals surface area contributed by atoms with Crippen molar-refractivity contribution >= 4 is 26.9 Å². The van der Waals surface area contributed by atoms with Gasteiger partial charge in [0.05, 0.1) is 5.69 Å². The van der Waals surface area contributed by atoms with Crippen molar-refractivity contribution < 1.29 is 17.2 Å². The molecule has 1 saturated heterocycles. The predicted octanol–water partition coefficient (Wildman–Crippen LogP) is 3.74. The van der Waals surface area contributed by atoms with Gasteiger partial charge in [0.25, 0.3) is 0 Å². The van der Waals surface area contributed by atoms with Crippen LogP contribution in [0, 0.1) is 17.8 Å². The number of benzene rings is 2. The average Bonchev–Trinajstić information content (AvgIpc) is 3.38. The fourth-order valence-electron chi connectivity index (χ4n) is 3.40. The Bertz CT molecular complexity index is 1090. The van der Waals surface area contributed by atoms with Crippen LogP contribution < -0.4 is 5.32 Å². The van der Waals surface area contributed by atoms with Gasteiger partial charge in [0.1, 0.15) is 22.7 Å². The summed E-state index contributed by atoms with van der Waals surface area (Å²) in [7, 11) is -4.21. The van der Waals surface area contributed by atoms with Crippen molar-refractivity contribution in [2.24, 2.45) is 0 Å². The Kier molecular flexibility index (Phi) is 5.62. The van der Waals surface area contributed by atoms with Gasteiger partial charge in [0.15, 0.2) is 0 Å². The van der Waals surface area contributed by atoms with Gasteiger partial charge in [-0.2, -0.15) is 0 Å². The fourth-order valence-corrected chi connectivity index (χ4v) is 5.57. The van der Waals surface area contributed by atoms with Crippen LogP contribution in [0.25, 0.3) is 0 Å². The smallest absolute Gasteiger partial charge is 0.236 e. The third-order valence-electron chi connectivity index (χ3n) is 4.79. The van der Waals surface area contributed by atoms with Crippen molar-refractivity contribution in [1.29, 1.82) is 0 Å². The van der Waals surface area contributed by atoms with Crippen molar-refractivity contribution in [2.45, 2.75) is 28.2 Å². The number of rotatable bonds is 6. The molecule has 9 heteroatoms. The SMILES string of the molecule is O=S(=O)(c1n[c]cs1)c1cc(F)c(N[C@H]2CCN(Cc3ccccc3)C2)cc1F. The first-order valence-corrected chi connectivity index (χ1v) is 11.4. The van der Waals surface area contributed by atoms with Crippen LogP contribution in [0.15, 0.2) is 57.1 Å². The molecule has 1 N–H and O–H groups in total. The number of nitrogens with zero attached hydrogens (tertiary/aromatic N) is 2. The molecule has 2 heterocycles. The van der Waals surface area contributed by atoms with Crippen molar-refractivity contribution in [3.8, 4) is 0 Å². The summed E-state index contributed by atoms with van der Waals surface area (Å²) in [4.78, 5) is 5.09. The zero-order valence-corrected chi connectivity index (χ0v) is 16.9. The minimum atomic E-state index is -4.21. The zero-order valence-electron chi connectivity index (χ0n) is 15.3. The van der Waals surface area contributed by atoms with E-state index in [0.717, 1.165) is 36.9 Å². The van der Waals surface area contributed by atoms with E-state index in [1.165, 1.54) is 10.9 Å². The maximum atomic E-state index is 14.6. The molecule has 0 unspecified atom stereocenters. The normalized spacial score (nSPS) is 17.5. The van der Waals surface area contributed by atoms with Crippen LogP contribution in [0.1, 0.15) is 12.0 Å². The van der Waals surface area contributed by atoms with Gasteiger partial charge in [-0.1, -0.05) is 30.3 Å². The van der Waals surface area contributed by atoms with Gasteiger partial charge in [-0.05, 0) is 18.1 Å². The van der Waals surface area contributed by atoms with E-state index in [-0.39, 0.29) is 16.1 Å².